The Bertz CT molecular complexity index is 1150. The van der Waals surface area contributed by atoms with Gasteiger partial charge in [0, 0.05) is 30.4 Å². The van der Waals surface area contributed by atoms with Gasteiger partial charge in [0.15, 0.2) is 9.84 Å². The van der Waals surface area contributed by atoms with E-state index < -0.39 is 9.84 Å². The maximum absolute atomic E-state index is 13.5. The second kappa shape index (κ2) is 7.29. The van der Waals surface area contributed by atoms with E-state index in [1.807, 2.05) is 31.2 Å². The molecule has 0 saturated carbocycles. The summed E-state index contributed by atoms with van der Waals surface area (Å²) < 4.78 is 23.5. The fourth-order valence-corrected chi connectivity index (χ4v) is 4.04. The normalized spacial score (nSPS) is 15.2. The molecule has 1 unspecified atom stereocenters. The minimum atomic E-state index is -3.32. The molecule has 0 saturated heterocycles. The summed E-state index contributed by atoms with van der Waals surface area (Å²) in [4.78, 5) is 25.5. The fourth-order valence-electron chi connectivity index (χ4n) is 3.41. The molecule has 29 heavy (non-hydrogen) atoms. The lowest BCUT2D eigenvalue weighted by atomic mass is 10.1. The SMILES string of the molecule is CC(c1cccnc1)N1Cc2cccnc2N(c2ccc(S(C)(=O)=O)cc2)C1=O. The van der Waals surface area contributed by atoms with Crippen molar-refractivity contribution in [3.63, 3.8) is 0 Å². The molecule has 1 aliphatic heterocycles. The number of amides is 2. The van der Waals surface area contributed by atoms with E-state index in [-0.39, 0.29) is 17.0 Å². The zero-order valence-corrected chi connectivity index (χ0v) is 16.9. The van der Waals surface area contributed by atoms with Crippen LogP contribution in [0.2, 0.25) is 0 Å². The maximum Gasteiger partial charge on any atom is 0.331 e. The first-order valence-corrected chi connectivity index (χ1v) is 11.0. The average Bonchev–Trinajstić information content (AvgIpc) is 2.73. The van der Waals surface area contributed by atoms with E-state index >= 15 is 0 Å². The third-order valence-electron chi connectivity index (χ3n) is 5.01. The van der Waals surface area contributed by atoms with Gasteiger partial charge in [-0.1, -0.05) is 12.1 Å². The molecule has 2 aromatic heterocycles. The predicted octanol–water partition coefficient (Wildman–Crippen LogP) is 3.72. The number of aromatic nitrogens is 2. The zero-order chi connectivity index (χ0) is 20.6. The van der Waals surface area contributed by atoms with Crippen molar-refractivity contribution in [1.82, 2.24) is 14.9 Å². The quantitative estimate of drug-likeness (QED) is 0.657. The summed E-state index contributed by atoms with van der Waals surface area (Å²) in [6, 6.07) is 13.4. The van der Waals surface area contributed by atoms with Crippen molar-refractivity contribution < 1.29 is 13.2 Å². The van der Waals surface area contributed by atoms with Crippen molar-refractivity contribution in [2.75, 3.05) is 11.2 Å². The first kappa shape index (κ1) is 19.1. The number of nitrogens with zero attached hydrogens (tertiary/aromatic N) is 4. The summed E-state index contributed by atoms with van der Waals surface area (Å²) in [5.41, 5.74) is 2.40. The van der Waals surface area contributed by atoms with E-state index in [0.717, 1.165) is 17.4 Å². The number of sulfone groups is 1. The van der Waals surface area contributed by atoms with Crippen LogP contribution in [0.1, 0.15) is 24.1 Å². The molecule has 1 atom stereocenters. The molecule has 0 radical (unpaired) electrons. The van der Waals surface area contributed by atoms with E-state index in [4.69, 9.17) is 0 Å². The molecule has 0 bridgehead atoms. The summed E-state index contributed by atoms with van der Waals surface area (Å²) in [6.45, 7) is 2.39. The Kier molecular flexibility index (Phi) is 4.79. The second-order valence-corrected chi connectivity index (χ2v) is 8.98. The third-order valence-corrected chi connectivity index (χ3v) is 6.14. The molecule has 8 heteroatoms. The highest BCUT2D eigenvalue weighted by Crippen LogP contribution is 2.36. The Hall–Kier alpha value is -3.26. The number of fused-ring (bicyclic) bond motifs is 1. The Morgan fingerprint density at radius 3 is 2.41 bits per heavy atom. The first-order chi connectivity index (χ1) is 13.9. The standard InChI is InChI=1S/C21H20N4O3S/c1-15(16-5-3-11-22-13-16)24-14-17-6-4-12-23-20(17)25(21(24)26)18-7-9-19(10-8-18)29(2,27)28/h3-13,15H,14H2,1-2H3. The van der Waals surface area contributed by atoms with Gasteiger partial charge < -0.3 is 4.90 Å². The highest BCUT2D eigenvalue weighted by Gasteiger charge is 2.35. The number of carbonyl (C=O) groups excluding carboxylic acids is 1. The molecular weight excluding hydrogens is 388 g/mol. The van der Waals surface area contributed by atoms with Crippen molar-refractivity contribution in [3.05, 3.63) is 78.2 Å². The van der Waals surface area contributed by atoms with Crippen LogP contribution >= 0.6 is 0 Å². The maximum atomic E-state index is 13.5. The Balaban J connectivity index is 1.77. The summed E-state index contributed by atoms with van der Waals surface area (Å²) in [5, 5.41) is 0. The second-order valence-electron chi connectivity index (χ2n) is 6.96. The van der Waals surface area contributed by atoms with Gasteiger partial charge in [-0.05, 0) is 48.9 Å². The van der Waals surface area contributed by atoms with Crippen molar-refractivity contribution in [2.24, 2.45) is 0 Å². The van der Waals surface area contributed by atoms with Crippen LogP contribution in [0.3, 0.4) is 0 Å². The molecule has 0 spiro atoms. The number of hydrogen-bond acceptors (Lipinski definition) is 5. The van der Waals surface area contributed by atoms with Gasteiger partial charge in [0.2, 0.25) is 0 Å². The third kappa shape index (κ3) is 3.58. The molecule has 2 amide bonds. The molecular formula is C21H20N4O3S. The van der Waals surface area contributed by atoms with E-state index in [1.165, 1.54) is 17.0 Å². The average molecular weight is 408 g/mol. The minimum Gasteiger partial charge on any atom is -0.313 e. The number of hydrogen-bond donors (Lipinski definition) is 0. The smallest absolute Gasteiger partial charge is 0.313 e. The zero-order valence-electron chi connectivity index (χ0n) is 16.1. The molecule has 0 fully saturated rings. The van der Waals surface area contributed by atoms with Gasteiger partial charge in [-0.15, -0.1) is 0 Å². The van der Waals surface area contributed by atoms with Gasteiger partial charge in [-0.25, -0.2) is 23.1 Å². The minimum absolute atomic E-state index is 0.192. The van der Waals surface area contributed by atoms with E-state index in [1.54, 1.807) is 35.6 Å². The van der Waals surface area contributed by atoms with Gasteiger partial charge >= 0.3 is 6.03 Å². The monoisotopic (exact) mass is 408 g/mol. The number of carbonyl (C=O) groups is 1. The van der Waals surface area contributed by atoms with Gasteiger partial charge in [0.05, 0.1) is 23.2 Å². The molecule has 148 valence electrons. The van der Waals surface area contributed by atoms with Crippen LogP contribution in [0, 0.1) is 0 Å². The predicted molar refractivity (Wildman–Crippen MR) is 110 cm³/mol. The summed E-state index contributed by atoms with van der Waals surface area (Å²) in [6.07, 6.45) is 6.25. The van der Waals surface area contributed by atoms with Crippen LogP contribution in [0.5, 0.6) is 0 Å². The molecule has 1 aliphatic rings. The van der Waals surface area contributed by atoms with E-state index in [0.29, 0.717) is 18.1 Å². The lowest BCUT2D eigenvalue weighted by molar-refractivity contribution is 0.180. The first-order valence-electron chi connectivity index (χ1n) is 9.11. The van der Waals surface area contributed by atoms with E-state index in [9.17, 15) is 13.2 Å². The van der Waals surface area contributed by atoms with Gasteiger partial charge in [-0.3, -0.25) is 4.98 Å². The molecule has 7 nitrogen and oxygen atoms in total. The van der Waals surface area contributed by atoms with Crippen LogP contribution in [-0.4, -0.2) is 35.6 Å². The van der Waals surface area contributed by atoms with Crippen molar-refractivity contribution >= 4 is 27.4 Å². The van der Waals surface area contributed by atoms with Crippen molar-refractivity contribution in [1.29, 1.82) is 0 Å². The molecule has 1 aromatic carbocycles. The van der Waals surface area contributed by atoms with Crippen molar-refractivity contribution in [2.45, 2.75) is 24.4 Å². The van der Waals surface area contributed by atoms with Crippen LogP contribution in [0.4, 0.5) is 16.3 Å². The van der Waals surface area contributed by atoms with Crippen LogP contribution in [0.25, 0.3) is 0 Å². The Morgan fingerprint density at radius 1 is 1.03 bits per heavy atom. The number of urea groups is 1. The Morgan fingerprint density at radius 2 is 1.76 bits per heavy atom. The van der Waals surface area contributed by atoms with Crippen LogP contribution in [0.15, 0.2) is 72.0 Å². The highest BCUT2D eigenvalue weighted by molar-refractivity contribution is 7.90. The molecule has 3 heterocycles. The van der Waals surface area contributed by atoms with Crippen LogP contribution in [-0.2, 0) is 16.4 Å². The summed E-state index contributed by atoms with van der Waals surface area (Å²) in [5.74, 6) is 0.555. The number of benzene rings is 1. The lowest BCUT2D eigenvalue weighted by Crippen LogP contribution is -2.46. The number of anilines is 2. The van der Waals surface area contributed by atoms with Gasteiger partial charge in [0.1, 0.15) is 5.82 Å². The molecule has 4 rings (SSSR count). The number of pyridine rings is 2. The van der Waals surface area contributed by atoms with Crippen LogP contribution < -0.4 is 4.90 Å². The largest absolute Gasteiger partial charge is 0.331 e. The Labute approximate surface area is 169 Å². The van der Waals surface area contributed by atoms with Gasteiger partial charge in [-0.2, -0.15) is 0 Å². The highest BCUT2D eigenvalue weighted by atomic mass is 32.2. The summed E-state index contributed by atoms with van der Waals surface area (Å²) in [7, 11) is -3.32. The fraction of sp³-hybridized carbons (Fsp3) is 0.190. The molecule has 0 N–H and O–H groups in total. The molecule has 3 aromatic rings. The topological polar surface area (TPSA) is 83.5 Å². The van der Waals surface area contributed by atoms with E-state index in [2.05, 4.69) is 9.97 Å². The summed E-state index contributed by atoms with van der Waals surface area (Å²) >= 11 is 0. The van der Waals surface area contributed by atoms with Crippen molar-refractivity contribution in [3.8, 4) is 0 Å². The molecule has 0 aliphatic carbocycles. The lowest BCUT2D eigenvalue weighted by Gasteiger charge is -2.39. The van der Waals surface area contributed by atoms with Gasteiger partial charge in [0.25, 0.3) is 0 Å². The number of rotatable bonds is 4.